The van der Waals surface area contributed by atoms with Gasteiger partial charge in [-0.05, 0) is 109 Å². The molecule has 5 rings (SSSR count). The normalized spacial score (nSPS) is 14.9. The summed E-state index contributed by atoms with van der Waals surface area (Å²) in [5, 5.41) is 10.0. The van der Waals surface area contributed by atoms with Gasteiger partial charge in [0.25, 0.3) is 0 Å². The Labute approximate surface area is 224 Å². The molecule has 5 nitrogen and oxygen atoms in total. The molecule has 0 amide bonds. The van der Waals surface area contributed by atoms with E-state index in [0.29, 0.717) is 12.4 Å². The minimum absolute atomic E-state index is 0.0885. The van der Waals surface area contributed by atoms with E-state index >= 15 is 0 Å². The summed E-state index contributed by atoms with van der Waals surface area (Å²) >= 11 is 0. The third-order valence-corrected chi connectivity index (χ3v) is 7.27. The molecule has 1 aliphatic rings. The molecule has 0 fully saturated rings. The van der Waals surface area contributed by atoms with Gasteiger partial charge in [0, 0.05) is 37.7 Å². The molecule has 0 radical (unpaired) electrons. The SMILES string of the molecule is CN(CCOc1ccc(CC2c3ccc(O)cc3CCN2c2ccc(F)cc2)cc1)CCc1ccncc1. The number of pyridine rings is 1. The molecule has 1 atom stereocenters. The highest BCUT2D eigenvalue weighted by Crippen LogP contribution is 2.37. The van der Waals surface area contributed by atoms with Gasteiger partial charge in [0.1, 0.15) is 23.9 Å². The van der Waals surface area contributed by atoms with Crippen LogP contribution in [0.1, 0.15) is 28.3 Å². The lowest BCUT2D eigenvalue weighted by Crippen LogP contribution is -2.36. The van der Waals surface area contributed by atoms with Gasteiger partial charge in [-0.15, -0.1) is 0 Å². The van der Waals surface area contributed by atoms with Gasteiger partial charge in [-0.2, -0.15) is 0 Å². The highest BCUT2D eigenvalue weighted by atomic mass is 19.1. The van der Waals surface area contributed by atoms with Crippen LogP contribution in [0.25, 0.3) is 0 Å². The Kier molecular flexibility index (Phi) is 8.19. The molecule has 2 heterocycles. The van der Waals surface area contributed by atoms with Gasteiger partial charge >= 0.3 is 0 Å². The van der Waals surface area contributed by atoms with Crippen molar-refractivity contribution in [2.45, 2.75) is 25.3 Å². The van der Waals surface area contributed by atoms with E-state index < -0.39 is 0 Å². The zero-order chi connectivity index (χ0) is 26.3. The van der Waals surface area contributed by atoms with Crippen molar-refractivity contribution in [3.05, 3.63) is 119 Å². The predicted molar refractivity (Wildman–Crippen MR) is 149 cm³/mol. The van der Waals surface area contributed by atoms with Crippen molar-refractivity contribution in [2.24, 2.45) is 0 Å². The van der Waals surface area contributed by atoms with Crippen molar-refractivity contribution in [3.63, 3.8) is 0 Å². The molecule has 1 aromatic heterocycles. The van der Waals surface area contributed by atoms with Crippen LogP contribution in [0.2, 0.25) is 0 Å². The summed E-state index contributed by atoms with van der Waals surface area (Å²) in [7, 11) is 2.11. The van der Waals surface area contributed by atoms with Crippen LogP contribution in [0.3, 0.4) is 0 Å². The number of phenolic OH excluding ortho intramolecular Hbond substituents is 1. The predicted octanol–water partition coefficient (Wildman–Crippen LogP) is 5.83. The van der Waals surface area contributed by atoms with Crippen molar-refractivity contribution >= 4 is 5.69 Å². The van der Waals surface area contributed by atoms with Crippen LogP contribution in [0, 0.1) is 5.82 Å². The number of nitrogens with zero attached hydrogens (tertiary/aromatic N) is 3. The largest absolute Gasteiger partial charge is 0.508 e. The third kappa shape index (κ3) is 6.50. The average Bonchev–Trinajstić information content (AvgIpc) is 2.94. The third-order valence-electron chi connectivity index (χ3n) is 7.27. The number of halogens is 1. The molecule has 4 aromatic rings. The number of benzene rings is 3. The number of aromatic nitrogens is 1. The standard InChI is InChI=1S/C32H34FN3O2/c1-35(18-14-24-12-16-34-17-13-24)20-21-38-30-9-2-25(3-10-30)22-32-31-11-8-29(37)23-26(31)15-19-36(32)28-6-4-27(33)5-7-28/h2-13,16-17,23,32,37H,14-15,18-22H2,1H3. The summed E-state index contributed by atoms with van der Waals surface area (Å²) in [6.07, 6.45) is 6.29. The number of anilines is 1. The Morgan fingerprint density at radius 2 is 1.71 bits per heavy atom. The molecule has 0 saturated carbocycles. The first kappa shape index (κ1) is 25.7. The molecule has 3 aromatic carbocycles. The zero-order valence-electron chi connectivity index (χ0n) is 21.8. The van der Waals surface area contributed by atoms with Crippen molar-refractivity contribution in [3.8, 4) is 11.5 Å². The van der Waals surface area contributed by atoms with Crippen LogP contribution in [0.4, 0.5) is 10.1 Å². The zero-order valence-corrected chi connectivity index (χ0v) is 21.8. The summed E-state index contributed by atoms with van der Waals surface area (Å²) in [5.41, 5.74) is 5.86. The Balaban J connectivity index is 1.20. The molecule has 0 spiro atoms. The van der Waals surface area contributed by atoms with E-state index in [4.69, 9.17) is 4.74 Å². The van der Waals surface area contributed by atoms with E-state index in [9.17, 15) is 9.50 Å². The van der Waals surface area contributed by atoms with Gasteiger partial charge in [0.15, 0.2) is 0 Å². The fourth-order valence-corrected chi connectivity index (χ4v) is 5.11. The maximum absolute atomic E-state index is 13.6. The molecule has 0 bridgehead atoms. The fraction of sp³-hybridized carbons (Fsp3) is 0.281. The average molecular weight is 512 g/mol. The lowest BCUT2D eigenvalue weighted by atomic mass is 9.88. The van der Waals surface area contributed by atoms with Crippen molar-refractivity contribution < 1.29 is 14.2 Å². The summed E-state index contributed by atoms with van der Waals surface area (Å²) in [4.78, 5) is 8.68. The van der Waals surface area contributed by atoms with E-state index in [1.54, 1.807) is 6.07 Å². The van der Waals surface area contributed by atoms with Crippen LogP contribution < -0.4 is 9.64 Å². The van der Waals surface area contributed by atoms with Gasteiger partial charge in [-0.25, -0.2) is 4.39 Å². The Bertz CT molecular complexity index is 1310. The summed E-state index contributed by atoms with van der Waals surface area (Å²) in [6, 6.07) is 24.9. The van der Waals surface area contributed by atoms with Gasteiger partial charge in [0.05, 0.1) is 6.04 Å². The fourth-order valence-electron chi connectivity index (χ4n) is 5.11. The van der Waals surface area contributed by atoms with E-state index in [1.165, 1.54) is 34.4 Å². The number of likely N-dealkylation sites (N-methyl/N-ethyl adjacent to an activating group) is 1. The summed E-state index contributed by atoms with van der Waals surface area (Å²) in [5.74, 6) is 0.922. The van der Waals surface area contributed by atoms with Crippen molar-refractivity contribution in [1.29, 1.82) is 0 Å². The maximum atomic E-state index is 13.6. The molecule has 38 heavy (non-hydrogen) atoms. The molecular weight excluding hydrogens is 477 g/mol. The van der Waals surface area contributed by atoms with Gasteiger partial charge in [-0.3, -0.25) is 4.98 Å². The second-order valence-corrected chi connectivity index (χ2v) is 9.92. The molecule has 0 aliphatic carbocycles. The number of hydrogen-bond donors (Lipinski definition) is 1. The number of fused-ring (bicyclic) bond motifs is 1. The van der Waals surface area contributed by atoms with Gasteiger partial charge in [-0.1, -0.05) is 18.2 Å². The quantitative estimate of drug-likeness (QED) is 0.291. The minimum Gasteiger partial charge on any atom is -0.508 e. The first-order valence-corrected chi connectivity index (χ1v) is 13.2. The van der Waals surface area contributed by atoms with Crippen LogP contribution in [-0.4, -0.2) is 48.3 Å². The van der Waals surface area contributed by atoms with E-state index in [1.807, 2.05) is 48.8 Å². The molecule has 0 saturated heterocycles. The van der Waals surface area contributed by atoms with Crippen LogP contribution in [-0.2, 0) is 19.3 Å². The number of ether oxygens (including phenoxy) is 1. The van der Waals surface area contributed by atoms with Crippen molar-refractivity contribution in [1.82, 2.24) is 9.88 Å². The van der Waals surface area contributed by atoms with E-state index in [-0.39, 0.29) is 11.9 Å². The lowest BCUT2D eigenvalue weighted by molar-refractivity contribution is 0.239. The lowest BCUT2D eigenvalue weighted by Gasteiger charge is -2.39. The number of aromatic hydroxyl groups is 1. The van der Waals surface area contributed by atoms with Gasteiger partial charge < -0.3 is 19.6 Å². The van der Waals surface area contributed by atoms with E-state index in [0.717, 1.165) is 50.3 Å². The molecule has 1 aliphatic heterocycles. The molecule has 1 unspecified atom stereocenters. The summed E-state index contributed by atoms with van der Waals surface area (Å²) in [6.45, 7) is 3.26. The molecular formula is C32H34FN3O2. The highest BCUT2D eigenvalue weighted by molar-refractivity contribution is 5.53. The second-order valence-electron chi connectivity index (χ2n) is 9.92. The van der Waals surface area contributed by atoms with E-state index in [2.05, 4.69) is 46.1 Å². The van der Waals surface area contributed by atoms with Crippen molar-refractivity contribution in [2.75, 3.05) is 38.2 Å². The first-order chi connectivity index (χ1) is 18.5. The summed E-state index contributed by atoms with van der Waals surface area (Å²) < 4.78 is 19.6. The van der Waals surface area contributed by atoms with Crippen LogP contribution in [0.15, 0.2) is 91.3 Å². The Morgan fingerprint density at radius 3 is 2.47 bits per heavy atom. The highest BCUT2D eigenvalue weighted by Gasteiger charge is 2.28. The number of hydrogen-bond acceptors (Lipinski definition) is 5. The number of phenols is 1. The monoisotopic (exact) mass is 511 g/mol. The van der Waals surface area contributed by atoms with Crippen LogP contribution >= 0.6 is 0 Å². The van der Waals surface area contributed by atoms with Crippen LogP contribution in [0.5, 0.6) is 11.5 Å². The molecule has 6 heteroatoms. The molecule has 1 N–H and O–H groups in total. The second kappa shape index (κ2) is 12.1. The maximum Gasteiger partial charge on any atom is 0.123 e. The topological polar surface area (TPSA) is 48.8 Å². The smallest absolute Gasteiger partial charge is 0.123 e. The Hall–Kier alpha value is -3.90. The Morgan fingerprint density at radius 1 is 0.947 bits per heavy atom. The number of rotatable bonds is 10. The first-order valence-electron chi connectivity index (χ1n) is 13.2. The van der Waals surface area contributed by atoms with Gasteiger partial charge in [0.2, 0.25) is 0 Å². The molecule has 196 valence electrons. The minimum atomic E-state index is -0.233.